The van der Waals surface area contributed by atoms with Crippen LogP contribution in [0.5, 0.6) is 0 Å². The van der Waals surface area contributed by atoms with Gasteiger partial charge in [-0.1, -0.05) is 0 Å². The van der Waals surface area contributed by atoms with Crippen molar-refractivity contribution in [2.75, 3.05) is 13.1 Å². The van der Waals surface area contributed by atoms with Crippen molar-refractivity contribution in [2.45, 2.75) is 25.7 Å². The molecule has 0 aliphatic carbocycles. The number of carbonyl (C=O) groups excluding carboxylic acids is 1. The molecule has 1 saturated heterocycles. The van der Waals surface area contributed by atoms with Gasteiger partial charge in [0.05, 0.1) is 0 Å². The van der Waals surface area contributed by atoms with E-state index in [1.54, 1.807) is 18.0 Å². The van der Waals surface area contributed by atoms with E-state index in [0.29, 0.717) is 18.8 Å². The van der Waals surface area contributed by atoms with Gasteiger partial charge in [-0.05, 0) is 25.8 Å². The molecule has 3 rings (SSSR count). The fraction of sp³-hybridized carbons (Fsp3) is 0.400. The molecule has 0 unspecified atom stereocenters. The van der Waals surface area contributed by atoms with Gasteiger partial charge in [0.2, 0.25) is 0 Å². The number of H-pyrrole nitrogens is 1. The highest BCUT2D eigenvalue weighted by Gasteiger charge is 2.27. The number of aromatic amines is 1. The first kappa shape index (κ1) is 13.6. The number of likely N-dealkylation sites (tertiary alicyclic amines) is 1. The van der Waals surface area contributed by atoms with Gasteiger partial charge in [-0.25, -0.2) is 0 Å². The lowest BCUT2D eigenvalue weighted by atomic mass is 9.95. The van der Waals surface area contributed by atoms with Crippen LogP contribution in [-0.4, -0.2) is 34.1 Å². The van der Waals surface area contributed by atoms with E-state index in [1.165, 1.54) is 12.1 Å². The number of hydrogen-bond acceptors (Lipinski definition) is 4. The molecule has 2 aromatic heterocycles. The molecular formula is C15H17N3O3. The highest BCUT2D eigenvalue weighted by molar-refractivity contribution is 5.91. The summed E-state index contributed by atoms with van der Waals surface area (Å²) in [6, 6.07) is 4.57. The van der Waals surface area contributed by atoms with Crippen LogP contribution in [0.4, 0.5) is 0 Å². The van der Waals surface area contributed by atoms with E-state index in [1.807, 2.05) is 6.07 Å². The summed E-state index contributed by atoms with van der Waals surface area (Å²) in [7, 11) is 0. The summed E-state index contributed by atoms with van der Waals surface area (Å²) < 4.78 is 5.39. The number of aromatic nitrogens is 2. The second-order valence-corrected chi connectivity index (χ2v) is 5.37. The molecule has 0 aromatic carbocycles. The van der Waals surface area contributed by atoms with Crippen molar-refractivity contribution in [1.82, 2.24) is 15.1 Å². The molecule has 1 amide bonds. The highest BCUT2D eigenvalue weighted by atomic mass is 16.3. The van der Waals surface area contributed by atoms with E-state index in [4.69, 9.17) is 4.42 Å². The van der Waals surface area contributed by atoms with Gasteiger partial charge in [-0.2, -0.15) is 5.10 Å². The van der Waals surface area contributed by atoms with E-state index < -0.39 is 0 Å². The fourth-order valence-corrected chi connectivity index (χ4v) is 2.77. The summed E-state index contributed by atoms with van der Waals surface area (Å²) in [6.07, 6.45) is 3.66. The molecule has 2 aromatic rings. The Hall–Kier alpha value is -2.37. The average Bonchev–Trinajstić information content (AvgIpc) is 3.00. The van der Waals surface area contributed by atoms with Gasteiger partial charge in [-0.3, -0.25) is 14.7 Å². The average molecular weight is 287 g/mol. The zero-order chi connectivity index (χ0) is 14.8. The van der Waals surface area contributed by atoms with Crippen molar-refractivity contribution in [3.8, 4) is 0 Å². The summed E-state index contributed by atoms with van der Waals surface area (Å²) >= 11 is 0. The summed E-state index contributed by atoms with van der Waals surface area (Å²) in [5, 5.41) is 6.92. The van der Waals surface area contributed by atoms with E-state index in [-0.39, 0.29) is 23.0 Å². The normalized spacial score (nSPS) is 18.7. The largest absolute Gasteiger partial charge is 0.456 e. The Bertz CT molecular complexity index is 690. The van der Waals surface area contributed by atoms with Crippen molar-refractivity contribution < 1.29 is 9.21 Å². The second-order valence-electron chi connectivity index (χ2n) is 5.37. The SMILES string of the molecule is Cc1cc(=O)cc(C(=O)N2CCC[C@H](c3ccn[nH]3)C2)o1. The molecule has 0 radical (unpaired) electrons. The molecule has 0 saturated carbocycles. The summed E-state index contributed by atoms with van der Waals surface area (Å²) in [5.74, 6) is 0.597. The quantitative estimate of drug-likeness (QED) is 0.911. The zero-order valence-corrected chi connectivity index (χ0v) is 11.8. The number of rotatable bonds is 2. The smallest absolute Gasteiger partial charge is 0.289 e. The van der Waals surface area contributed by atoms with Gasteiger partial charge < -0.3 is 9.32 Å². The number of nitrogens with one attached hydrogen (secondary N) is 1. The minimum Gasteiger partial charge on any atom is -0.456 e. The Morgan fingerprint density at radius 1 is 1.48 bits per heavy atom. The van der Waals surface area contributed by atoms with Gasteiger partial charge in [-0.15, -0.1) is 0 Å². The predicted molar refractivity (Wildman–Crippen MR) is 76.2 cm³/mol. The van der Waals surface area contributed by atoms with Crippen molar-refractivity contribution >= 4 is 5.91 Å². The lowest BCUT2D eigenvalue weighted by Crippen LogP contribution is -2.39. The second kappa shape index (κ2) is 5.55. The standard InChI is InChI=1S/C15H17N3O3/c1-10-7-12(19)8-14(21-10)15(20)18-6-2-3-11(9-18)13-4-5-16-17-13/h4-5,7-8,11H,2-3,6,9H2,1H3,(H,16,17)/t11-/m0/s1. The molecule has 3 heterocycles. The first-order valence-corrected chi connectivity index (χ1v) is 7.04. The molecule has 110 valence electrons. The molecule has 1 aliphatic heterocycles. The lowest BCUT2D eigenvalue weighted by Gasteiger charge is -2.31. The molecule has 21 heavy (non-hydrogen) atoms. The van der Waals surface area contributed by atoms with Crippen LogP contribution in [-0.2, 0) is 0 Å². The van der Waals surface area contributed by atoms with Gasteiger partial charge in [0.1, 0.15) is 5.76 Å². The van der Waals surface area contributed by atoms with Crippen molar-refractivity contribution in [3.05, 3.63) is 51.8 Å². The molecule has 0 bridgehead atoms. The Balaban J connectivity index is 1.79. The molecule has 0 spiro atoms. The van der Waals surface area contributed by atoms with Gasteiger partial charge in [0.25, 0.3) is 5.91 Å². The van der Waals surface area contributed by atoms with Crippen LogP contribution < -0.4 is 5.43 Å². The van der Waals surface area contributed by atoms with Crippen molar-refractivity contribution in [1.29, 1.82) is 0 Å². The number of carbonyl (C=O) groups is 1. The Morgan fingerprint density at radius 3 is 3.05 bits per heavy atom. The van der Waals surface area contributed by atoms with Crippen LogP contribution in [0.25, 0.3) is 0 Å². The number of hydrogen-bond donors (Lipinski definition) is 1. The van der Waals surface area contributed by atoms with E-state index in [2.05, 4.69) is 10.2 Å². The molecule has 6 nitrogen and oxygen atoms in total. The van der Waals surface area contributed by atoms with Crippen LogP contribution in [0.1, 0.15) is 40.8 Å². The first-order valence-electron chi connectivity index (χ1n) is 7.04. The van der Waals surface area contributed by atoms with E-state index >= 15 is 0 Å². The maximum atomic E-state index is 12.5. The summed E-state index contributed by atoms with van der Waals surface area (Å²) in [5.41, 5.74) is 0.836. The van der Waals surface area contributed by atoms with E-state index in [0.717, 1.165) is 18.5 Å². The molecule has 1 aliphatic rings. The topological polar surface area (TPSA) is 79.2 Å². The molecule has 6 heteroatoms. The first-order chi connectivity index (χ1) is 10.1. The number of aryl methyl sites for hydroxylation is 1. The Morgan fingerprint density at radius 2 is 2.33 bits per heavy atom. The van der Waals surface area contributed by atoms with Crippen LogP contribution in [0.3, 0.4) is 0 Å². The zero-order valence-electron chi connectivity index (χ0n) is 11.8. The number of nitrogens with zero attached hydrogens (tertiary/aromatic N) is 2. The predicted octanol–water partition coefficient (Wildman–Crippen LogP) is 1.69. The fourth-order valence-electron chi connectivity index (χ4n) is 2.77. The molecular weight excluding hydrogens is 270 g/mol. The third-order valence-electron chi connectivity index (χ3n) is 3.77. The monoisotopic (exact) mass is 287 g/mol. The third kappa shape index (κ3) is 2.89. The number of amides is 1. The van der Waals surface area contributed by atoms with Crippen molar-refractivity contribution in [2.24, 2.45) is 0 Å². The molecule has 1 atom stereocenters. The Kier molecular flexibility index (Phi) is 3.60. The Labute approximate surface area is 121 Å². The number of piperidine rings is 1. The van der Waals surface area contributed by atoms with Crippen molar-refractivity contribution in [3.63, 3.8) is 0 Å². The minimum absolute atomic E-state index is 0.116. The minimum atomic E-state index is -0.222. The van der Waals surface area contributed by atoms with Crippen LogP contribution in [0.15, 0.2) is 33.6 Å². The third-order valence-corrected chi connectivity index (χ3v) is 3.77. The maximum Gasteiger partial charge on any atom is 0.289 e. The van der Waals surface area contributed by atoms with Crippen LogP contribution >= 0.6 is 0 Å². The van der Waals surface area contributed by atoms with Crippen LogP contribution in [0.2, 0.25) is 0 Å². The molecule has 1 fully saturated rings. The highest BCUT2D eigenvalue weighted by Crippen LogP contribution is 2.26. The summed E-state index contributed by atoms with van der Waals surface area (Å²) in [6.45, 7) is 2.96. The van der Waals surface area contributed by atoms with Gasteiger partial charge in [0, 0.05) is 43.0 Å². The van der Waals surface area contributed by atoms with Gasteiger partial charge >= 0.3 is 0 Å². The molecule has 1 N–H and O–H groups in total. The van der Waals surface area contributed by atoms with E-state index in [9.17, 15) is 9.59 Å². The van der Waals surface area contributed by atoms with Gasteiger partial charge in [0.15, 0.2) is 11.2 Å². The summed E-state index contributed by atoms with van der Waals surface area (Å²) in [4.78, 5) is 25.7. The van der Waals surface area contributed by atoms with Crippen LogP contribution in [0, 0.1) is 6.92 Å². The maximum absolute atomic E-state index is 12.5. The lowest BCUT2D eigenvalue weighted by molar-refractivity contribution is 0.0669.